The van der Waals surface area contributed by atoms with Crippen LogP contribution < -0.4 is 0 Å². The summed E-state index contributed by atoms with van der Waals surface area (Å²) in [6.07, 6.45) is 0. The molecule has 0 amide bonds. The molecule has 4 nitrogen and oxygen atoms in total. The second kappa shape index (κ2) is 11.0. The van der Waals surface area contributed by atoms with Gasteiger partial charge in [0.15, 0.2) is 9.84 Å². The molecule has 34 heavy (non-hydrogen) atoms. The maximum Gasteiger partial charge on any atom is 0.179 e. The summed E-state index contributed by atoms with van der Waals surface area (Å²) in [4.78, 5) is 4.75. The van der Waals surface area contributed by atoms with Crippen LogP contribution >= 0.6 is 0 Å². The van der Waals surface area contributed by atoms with Crippen LogP contribution in [0.3, 0.4) is 0 Å². The van der Waals surface area contributed by atoms with Gasteiger partial charge in [0.25, 0.3) is 0 Å². The molecule has 0 N–H and O–H groups in total. The van der Waals surface area contributed by atoms with E-state index in [1.54, 1.807) is 12.1 Å². The SMILES string of the molecule is CN(Cc1ccccc1)C[C@H](CS(=O)(=O)c1ccc2ccccc2c1)N(C)Cc1ccccc1. The topological polar surface area (TPSA) is 40.6 Å². The second-order valence-electron chi connectivity index (χ2n) is 9.03. The summed E-state index contributed by atoms with van der Waals surface area (Å²) < 4.78 is 27.1. The average molecular weight is 473 g/mol. The zero-order chi connectivity index (χ0) is 24.0. The van der Waals surface area contributed by atoms with E-state index in [1.165, 1.54) is 11.1 Å². The fraction of sp³-hybridized carbons (Fsp3) is 0.241. The Kier molecular flexibility index (Phi) is 7.78. The van der Waals surface area contributed by atoms with Crippen molar-refractivity contribution in [3.05, 3.63) is 114 Å². The summed E-state index contributed by atoms with van der Waals surface area (Å²) in [5.41, 5.74) is 2.38. The fourth-order valence-electron chi connectivity index (χ4n) is 4.35. The van der Waals surface area contributed by atoms with E-state index in [0.717, 1.165) is 17.3 Å². The van der Waals surface area contributed by atoms with Gasteiger partial charge in [-0.25, -0.2) is 8.42 Å². The molecule has 1 atom stereocenters. The van der Waals surface area contributed by atoms with Gasteiger partial charge >= 0.3 is 0 Å². The molecule has 0 aliphatic rings. The smallest absolute Gasteiger partial charge is 0.179 e. The van der Waals surface area contributed by atoms with E-state index in [-0.39, 0.29) is 11.8 Å². The Morgan fingerprint density at radius 3 is 1.88 bits per heavy atom. The minimum absolute atomic E-state index is 0.0633. The van der Waals surface area contributed by atoms with Crippen molar-refractivity contribution in [3.63, 3.8) is 0 Å². The van der Waals surface area contributed by atoms with Crippen LogP contribution in [-0.2, 0) is 22.9 Å². The zero-order valence-corrected chi connectivity index (χ0v) is 20.7. The summed E-state index contributed by atoms with van der Waals surface area (Å²) in [5, 5.41) is 1.99. The summed E-state index contributed by atoms with van der Waals surface area (Å²) in [6.45, 7) is 2.11. The first kappa shape index (κ1) is 24.1. The van der Waals surface area contributed by atoms with Gasteiger partial charge in [0, 0.05) is 25.7 Å². The van der Waals surface area contributed by atoms with Crippen molar-refractivity contribution >= 4 is 20.6 Å². The first-order chi connectivity index (χ1) is 16.4. The van der Waals surface area contributed by atoms with Crippen LogP contribution in [0, 0.1) is 0 Å². The number of nitrogens with zero attached hydrogens (tertiary/aromatic N) is 2. The predicted molar refractivity (Wildman–Crippen MR) is 140 cm³/mol. The van der Waals surface area contributed by atoms with Gasteiger partial charge in [-0.2, -0.15) is 0 Å². The Balaban J connectivity index is 1.56. The number of hydrogen-bond acceptors (Lipinski definition) is 4. The van der Waals surface area contributed by atoms with E-state index >= 15 is 0 Å². The lowest BCUT2D eigenvalue weighted by Crippen LogP contribution is -2.44. The third kappa shape index (κ3) is 6.32. The van der Waals surface area contributed by atoms with Crippen molar-refractivity contribution in [1.29, 1.82) is 0 Å². The largest absolute Gasteiger partial charge is 0.301 e. The van der Waals surface area contributed by atoms with Gasteiger partial charge in [-0.15, -0.1) is 0 Å². The Morgan fingerprint density at radius 1 is 0.676 bits per heavy atom. The maximum atomic E-state index is 13.5. The third-order valence-electron chi connectivity index (χ3n) is 6.21. The molecule has 176 valence electrons. The molecule has 4 aromatic rings. The third-order valence-corrected chi connectivity index (χ3v) is 8.00. The van der Waals surface area contributed by atoms with Gasteiger partial charge in [0.05, 0.1) is 10.6 Å². The zero-order valence-electron chi connectivity index (χ0n) is 19.8. The molecule has 0 unspecified atom stereocenters. The lowest BCUT2D eigenvalue weighted by atomic mass is 10.1. The Hall–Kier alpha value is -2.99. The lowest BCUT2D eigenvalue weighted by Gasteiger charge is -2.32. The van der Waals surface area contributed by atoms with Crippen molar-refractivity contribution < 1.29 is 8.42 Å². The van der Waals surface area contributed by atoms with Gasteiger partial charge in [-0.1, -0.05) is 91.0 Å². The van der Waals surface area contributed by atoms with Crippen LogP contribution in [-0.4, -0.2) is 50.7 Å². The predicted octanol–water partition coefficient (Wildman–Crippen LogP) is 5.25. The number of fused-ring (bicyclic) bond motifs is 1. The van der Waals surface area contributed by atoms with Crippen LogP contribution in [0.15, 0.2) is 108 Å². The van der Waals surface area contributed by atoms with Crippen LogP contribution in [0.4, 0.5) is 0 Å². The van der Waals surface area contributed by atoms with Crippen molar-refractivity contribution in [2.45, 2.75) is 24.0 Å². The highest BCUT2D eigenvalue weighted by atomic mass is 32.2. The normalized spacial score (nSPS) is 12.9. The molecular formula is C29H32N2O2S. The first-order valence-corrected chi connectivity index (χ1v) is 13.2. The molecule has 0 bridgehead atoms. The molecule has 0 fully saturated rings. The molecule has 4 aromatic carbocycles. The van der Waals surface area contributed by atoms with Gasteiger partial charge in [-0.05, 0) is 48.1 Å². The van der Waals surface area contributed by atoms with E-state index < -0.39 is 9.84 Å². The summed E-state index contributed by atoms with van der Waals surface area (Å²) in [7, 11) is 0.597. The Bertz CT molecular complexity index is 1310. The van der Waals surface area contributed by atoms with E-state index in [1.807, 2.05) is 73.8 Å². The molecular weight excluding hydrogens is 440 g/mol. The standard InChI is InChI=1S/C29H32N2O2S/c1-30(20-24-11-5-3-6-12-24)22-28(31(2)21-25-13-7-4-8-14-25)23-34(32,33)29-18-17-26-15-9-10-16-27(26)19-29/h3-19,28H,20-23H2,1-2H3/t28-/m1/s1. The number of likely N-dealkylation sites (N-methyl/N-ethyl adjacent to an activating group) is 2. The number of benzene rings is 4. The van der Waals surface area contributed by atoms with Crippen molar-refractivity contribution in [2.75, 3.05) is 26.4 Å². The Morgan fingerprint density at radius 2 is 1.24 bits per heavy atom. The van der Waals surface area contributed by atoms with Gasteiger partial charge in [0.1, 0.15) is 0 Å². The molecule has 0 aromatic heterocycles. The van der Waals surface area contributed by atoms with Crippen LogP contribution in [0.1, 0.15) is 11.1 Å². The molecule has 0 aliphatic heterocycles. The van der Waals surface area contributed by atoms with Crippen molar-refractivity contribution in [2.24, 2.45) is 0 Å². The molecule has 4 rings (SSSR count). The average Bonchev–Trinajstić information content (AvgIpc) is 2.84. The minimum atomic E-state index is -3.48. The summed E-state index contributed by atoms with van der Waals surface area (Å²) in [5.74, 6) is 0.0633. The highest BCUT2D eigenvalue weighted by Crippen LogP contribution is 2.22. The highest BCUT2D eigenvalue weighted by molar-refractivity contribution is 7.91. The highest BCUT2D eigenvalue weighted by Gasteiger charge is 2.26. The molecule has 0 spiro atoms. The van der Waals surface area contributed by atoms with Crippen LogP contribution in [0.5, 0.6) is 0 Å². The van der Waals surface area contributed by atoms with Gasteiger partial charge < -0.3 is 4.90 Å². The molecule has 0 saturated heterocycles. The van der Waals surface area contributed by atoms with E-state index in [4.69, 9.17) is 0 Å². The van der Waals surface area contributed by atoms with Crippen LogP contribution in [0.25, 0.3) is 10.8 Å². The molecule has 0 heterocycles. The Labute approximate surface area is 203 Å². The van der Waals surface area contributed by atoms with Crippen molar-refractivity contribution in [3.8, 4) is 0 Å². The lowest BCUT2D eigenvalue weighted by molar-refractivity contribution is 0.184. The number of sulfone groups is 1. The maximum absolute atomic E-state index is 13.5. The van der Waals surface area contributed by atoms with E-state index in [9.17, 15) is 8.42 Å². The van der Waals surface area contributed by atoms with Crippen molar-refractivity contribution in [1.82, 2.24) is 9.80 Å². The summed E-state index contributed by atoms with van der Waals surface area (Å²) in [6, 6.07) is 33.6. The monoisotopic (exact) mass is 472 g/mol. The first-order valence-electron chi connectivity index (χ1n) is 11.6. The molecule has 0 saturated carbocycles. The number of rotatable bonds is 10. The quantitative estimate of drug-likeness (QED) is 0.316. The molecule has 0 aliphatic carbocycles. The molecule has 5 heteroatoms. The summed E-state index contributed by atoms with van der Waals surface area (Å²) >= 11 is 0. The van der Waals surface area contributed by atoms with E-state index in [2.05, 4.69) is 41.1 Å². The van der Waals surface area contributed by atoms with E-state index in [0.29, 0.717) is 18.0 Å². The number of hydrogen-bond donors (Lipinski definition) is 0. The molecule has 0 radical (unpaired) electrons. The second-order valence-corrected chi connectivity index (χ2v) is 11.1. The fourth-order valence-corrected chi connectivity index (χ4v) is 5.99. The minimum Gasteiger partial charge on any atom is -0.301 e. The van der Waals surface area contributed by atoms with Crippen LogP contribution in [0.2, 0.25) is 0 Å². The van der Waals surface area contributed by atoms with Gasteiger partial charge in [-0.3, -0.25) is 4.90 Å². The van der Waals surface area contributed by atoms with Gasteiger partial charge in [0.2, 0.25) is 0 Å².